The lowest BCUT2D eigenvalue weighted by Crippen LogP contribution is -2.48. The minimum absolute atomic E-state index is 0.0191. The number of pyridine rings is 2. The number of ether oxygens (including phenoxy) is 2. The van der Waals surface area contributed by atoms with E-state index in [-0.39, 0.29) is 29.8 Å². The van der Waals surface area contributed by atoms with E-state index in [0.717, 1.165) is 19.1 Å². The van der Waals surface area contributed by atoms with E-state index in [1.165, 1.54) is 23.6 Å². The zero-order chi connectivity index (χ0) is 44.7. The van der Waals surface area contributed by atoms with Gasteiger partial charge in [0.15, 0.2) is 0 Å². The molecule has 62 heavy (non-hydrogen) atoms. The summed E-state index contributed by atoms with van der Waals surface area (Å²) in [5.74, 6) is -2.20. The SMILES string of the molecule is CC[C@@]1(OC(=O)C(C)ON=C2c3cc([N+](=O)[O-])cc([N+](=O)[O-])c3-c3c2cc([N+](=O)[O-])cc3[N+](=O)[O-])C(=O)OCc2c1cc1n(c2=O)Cc2cc3c(CN(C)C)c(O)ccc3nc2-1. The van der Waals surface area contributed by atoms with Crippen molar-refractivity contribution in [3.63, 3.8) is 0 Å². The summed E-state index contributed by atoms with van der Waals surface area (Å²) < 4.78 is 12.7. The average molecular weight is 851 g/mol. The number of non-ortho nitro benzene ring substituents is 2. The summed E-state index contributed by atoms with van der Waals surface area (Å²) in [6.45, 7) is 2.68. The van der Waals surface area contributed by atoms with Crippen molar-refractivity contribution in [1.29, 1.82) is 0 Å². The van der Waals surface area contributed by atoms with E-state index in [1.54, 1.807) is 6.07 Å². The number of benzene rings is 3. The van der Waals surface area contributed by atoms with Crippen LogP contribution in [0.5, 0.6) is 5.75 Å². The van der Waals surface area contributed by atoms with E-state index in [9.17, 15) is 59.9 Å². The van der Waals surface area contributed by atoms with E-state index < -0.39 is 106 Å². The summed E-state index contributed by atoms with van der Waals surface area (Å²) in [7, 11) is 3.70. The number of phenolic OH excluding ortho intramolecular Hbond substituents is 1. The molecule has 0 saturated heterocycles. The molecule has 5 aromatic rings. The lowest BCUT2D eigenvalue weighted by atomic mass is 9.85. The Morgan fingerprint density at radius 3 is 2.11 bits per heavy atom. The third kappa shape index (κ3) is 6.20. The molecule has 1 aliphatic carbocycles. The van der Waals surface area contributed by atoms with Gasteiger partial charge in [-0.3, -0.25) is 45.3 Å². The minimum atomic E-state index is -2.22. The second-order valence-corrected chi connectivity index (χ2v) is 14.8. The Morgan fingerprint density at radius 2 is 1.56 bits per heavy atom. The number of hydrogen-bond acceptors (Lipinski definition) is 18. The molecule has 8 rings (SSSR count). The molecule has 316 valence electrons. The van der Waals surface area contributed by atoms with Gasteiger partial charge in [-0.15, -0.1) is 0 Å². The molecule has 0 bridgehead atoms. The summed E-state index contributed by atoms with van der Waals surface area (Å²) in [5.41, 5.74) is -6.23. The number of aromatic hydroxyl groups is 1. The van der Waals surface area contributed by atoms with Gasteiger partial charge in [0.1, 0.15) is 18.1 Å². The predicted octanol–water partition coefficient (Wildman–Crippen LogP) is 4.87. The van der Waals surface area contributed by atoms with Gasteiger partial charge in [-0.25, -0.2) is 14.6 Å². The Labute approximate surface area is 346 Å². The molecule has 2 aliphatic heterocycles. The van der Waals surface area contributed by atoms with Gasteiger partial charge in [-0.05, 0) is 51.7 Å². The molecule has 0 radical (unpaired) electrons. The van der Waals surface area contributed by atoms with Crippen molar-refractivity contribution in [1.82, 2.24) is 14.5 Å². The van der Waals surface area contributed by atoms with E-state index in [4.69, 9.17) is 19.3 Å². The highest BCUT2D eigenvalue weighted by Crippen LogP contribution is 2.50. The van der Waals surface area contributed by atoms with Crippen LogP contribution in [0.2, 0.25) is 0 Å². The van der Waals surface area contributed by atoms with Crippen LogP contribution in [0.15, 0.2) is 58.5 Å². The van der Waals surface area contributed by atoms with Gasteiger partial charge in [-0.2, -0.15) is 0 Å². The number of nitro groups is 4. The minimum Gasteiger partial charge on any atom is -0.508 e. The zero-order valence-electron chi connectivity index (χ0n) is 32.8. The molecule has 1 unspecified atom stereocenters. The molecule has 2 aromatic heterocycles. The molecule has 4 heterocycles. The highest BCUT2D eigenvalue weighted by molar-refractivity contribution is 6.27. The summed E-state index contributed by atoms with van der Waals surface area (Å²) in [5, 5.41) is 63.2. The van der Waals surface area contributed by atoms with Gasteiger partial charge in [0.25, 0.3) is 28.3 Å². The number of phenols is 1. The first-order valence-electron chi connectivity index (χ1n) is 18.5. The van der Waals surface area contributed by atoms with Crippen LogP contribution < -0.4 is 5.56 Å². The molecule has 3 aliphatic rings. The first-order chi connectivity index (χ1) is 29.4. The van der Waals surface area contributed by atoms with Gasteiger partial charge < -0.3 is 28.9 Å². The van der Waals surface area contributed by atoms with Crippen molar-refractivity contribution in [3.05, 3.63) is 133 Å². The number of nitrogens with zero attached hydrogens (tertiary/aromatic N) is 8. The Bertz CT molecular complexity index is 2930. The number of cyclic esters (lactones) is 1. The Hall–Kier alpha value is -8.21. The highest BCUT2D eigenvalue weighted by Gasteiger charge is 2.51. The summed E-state index contributed by atoms with van der Waals surface area (Å²) in [4.78, 5) is 97.9. The maximum absolute atomic E-state index is 14.1. The third-order valence-electron chi connectivity index (χ3n) is 10.9. The third-order valence-corrected chi connectivity index (χ3v) is 10.9. The number of aromatic nitrogens is 2. The monoisotopic (exact) mass is 850 g/mol. The number of hydrogen-bond donors (Lipinski definition) is 1. The second kappa shape index (κ2) is 14.5. The number of carbonyl (C=O) groups excluding carboxylic acids is 2. The topological polar surface area (TPSA) is 305 Å². The molecule has 1 N–H and O–H groups in total. The average Bonchev–Trinajstić information content (AvgIpc) is 3.75. The Morgan fingerprint density at radius 1 is 0.952 bits per heavy atom. The molecule has 3 aromatic carbocycles. The van der Waals surface area contributed by atoms with Crippen molar-refractivity contribution < 1.29 is 48.7 Å². The van der Waals surface area contributed by atoms with Crippen molar-refractivity contribution in [2.45, 2.75) is 51.7 Å². The summed E-state index contributed by atoms with van der Waals surface area (Å²) in [6, 6.07) is 9.27. The fourth-order valence-corrected chi connectivity index (χ4v) is 8.03. The lowest BCUT2D eigenvalue weighted by molar-refractivity contribution is -0.395. The van der Waals surface area contributed by atoms with Gasteiger partial charge >= 0.3 is 11.9 Å². The summed E-state index contributed by atoms with van der Waals surface area (Å²) in [6.07, 6.45) is -2.02. The van der Waals surface area contributed by atoms with E-state index in [0.29, 0.717) is 52.1 Å². The Balaban J connectivity index is 1.19. The van der Waals surface area contributed by atoms with Gasteiger partial charge in [0, 0.05) is 51.9 Å². The maximum atomic E-state index is 14.1. The van der Waals surface area contributed by atoms with E-state index >= 15 is 0 Å². The van der Waals surface area contributed by atoms with Gasteiger partial charge in [-0.1, -0.05) is 12.1 Å². The fourth-order valence-electron chi connectivity index (χ4n) is 8.03. The Kier molecular flexibility index (Phi) is 9.49. The number of carbonyl (C=O) groups is 2. The smallest absolute Gasteiger partial charge is 0.355 e. The van der Waals surface area contributed by atoms with E-state index in [1.807, 2.05) is 25.1 Å². The molecule has 23 heteroatoms. The van der Waals surface area contributed by atoms with Crippen molar-refractivity contribution in [3.8, 4) is 28.3 Å². The quantitative estimate of drug-likeness (QED) is 0.103. The number of esters is 2. The number of fused-ring (bicyclic) bond motifs is 8. The van der Waals surface area contributed by atoms with Crippen molar-refractivity contribution in [2.24, 2.45) is 5.16 Å². The zero-order valence-corrected chi connectivity index (χ0v) is 32.8. The molecule has 0 spiro atoms. The van der Waals surface area contributed by atoms with Crippen molar-refractivity contribution >= 4 is 51.3 Å². The first kappa shape index (κ1) is 40.6. The van der Waals surface area contributed by atoms with Crippen LogP contribution in [0, 0.1) is 40.5 Å². The van der Waals surface area contributed by atoms with Crippen molar-refractivity contribution in [2.75, 3.05) is 14.1 Å². The summed E-state index contributed by atoms with van der Waals surface area (Å²) >= 11 is 0. The van der Waals surface area contributed by atoms with Gasteiger partial charge in [0.05, 0.1) is 72.0 Å². The predicted molar refractivity (Wildman–Crippen MR) is 212 cm³/mol. The van der Waals surface area contributed by atoms with Crippen LogP contribution in [0.4, 0.5) is 22.7 Å². The number of oxime groups is 1. The second-order valence-electron chi connectivity index (χ2n) is 14.8. The lowest BCUT2D eigenvalue weighted by Gasteiger charge is -2.36. The molecular formula is C39H30N8O15. The standard InChI is InChI=1S/C39H30N8O15/c1-5-39(26-13-30-34-18(14-43(30)36(49)25(26)16-60-38(39)51)8-21-24(15-42(3)4)31(48)7-6-27(21)40-34)61-37(50)17(2)62-41-35-22-9-19(44(52)53)11-28(46(56)57)32(22)33-23(35)10-20(45(54)55)12-29(33)47(58)59/h6-13,17,48H,5,14-16H2,1-4H3/t17?,39-/m0/s1. The molecule has 0 saturated carbocycles. The van der Waals surface area contributed by atoms with Gasteiger partial charge in [0.2, 0.25) is 11.7 Å². The normalized spacial score (nSPS) is 16.1. The van der Waals surface area contributed by atoms with Crippen LogP contribution in [-0.2, 0) is 49.2 Å². The molecule has 0 amide bonds. The molecule has 23 nitrogen and oxygen atoms in total. The largest absolute Gasteiger partial charge is 0.508 e. The van der Waals surface area contributed by atoms with Crippen LogP contribution in [0.25, 0.3) is 33.4 Å². The molecular weight excluding hydrogens is 820 g/mol. The number of nitro benzene ring substituents is 4. The van der Waals surface area contributed by atoms with Crippen LogP contribution in [0.3, 0.4) is 0 Å². The first-order valence-corrected chi connectivity index (χ1v) is 18.5. The van der Waals surface area contributed by atoms with Crippen LogP contribution in [0.1, 0.15) is 53.6 Å². The maximum Gasteiger partial charge on any atom is 0.355 e. The molecule has 2 atom stereocenters. The van der Waals surface area contributed by atoms with Crippen LogP contribution in [-0.4, -0.2) is 77.1 Å². The van der Waals surface area contributed by atoms with E-state index in [2.05, 4.69) is 5.16 Å². The fraction of sp³-hybridized carbons (Fsp3) is 0.256. The number of rotatable bonds is 11. The molecule has 0 fully saturated rings. The van der Waals surface area contributed by atoms with Crippen LogP contribution >= 0.6 is 0 Å². The highest BCUT2D eigenvalue weighted by atomic mass is 16.7.